The van der Waals surface area contributed by atoms with E-state index in [1.54, 1.807) is 12.1 Å². The van der Waals surface area contributed by atoms with Gasteiger partial charge in [-0.3, -0.25) is 4.79 Å². The number of halogens is 1. The first-order valence-electron chi connectivity index (χ1n) is 7.50. The summed E-state index contributed by atoms with van der Waals surface area (Å²) in [7, 11) is 0. The highest BCUT2D eigenvalue weighted by Crippen LogP contribution is 2.39. The van der Waals surface area contributed by atoms with Gasteiger partial charge in [-0.05, 0) is 37.2 Å². The summed E-state index contributed by atoms with van der Waals surface area (Å²) in [5.41, 5.74) is 7.27. The van der Waals surface area contributed by atoms with Crippen molar-refractivity contribution in [1.29, 1.82) is 0 Å². The predicted molar refractivity (Wildman–Crippen MR) is 83.6 cm³/mol. The van der Waals surface area contributed by atoms with Crippen molar-refractivity contribution >= 4 is 23.2 Å². The van der Waals surface area contributed by atoms with E-state index in [2.05, 4.69) is 19.2 Å². The van der Waals surface area contributed by atoms with Gasteiger partial charge in [-0.25, -0.2) is 0 Å². The zero-order valence-electron chi connectivity index (χ0n) is 12.4. The third kappa shape index (κ3) is 2.87. The van der Waals surface area contributed by atoms with E-state index >= 15 is 0 Å². The van der Waals surface area contributed by atoms with Crippen LogP contribution in [0, 0.1) is 11.8 Å². The van der Waals surface area contributed by atoms with Crippen LogP contribution in [0.1, 0.15) is 44.7 Å². The fourth-order valence-corrected chi connectivity index (χ4v) is 3.74. The molecule has 3 rings (SSSR count). The molecule has 0 aromatic heterocycles. The molecule has 1 aliphatic heterocycles. The van der Waals surface area contributed by atoms with Gasteiger partial charge in [-0.15, -0.1) is 0 Å². The quantitative estimate of drug-likeness (QED) is 0.879. The third-order valence-electron chi connectivity index (χ3n) is 4.41. The summed E-state index contributed by atoms with van der Waals surface area (Å²) in [4.78, 5) is 11.6. The van der Waals surface area contributed by atoms with Gasteiger partial charge in [0.05, 0.1) is 11.1 Å². The van der Waals surface area contributed by atoms with Gasteiger partial charge in [0.1, 0.15) is 11.8 Å². The first-order valence-corrected chi connectivity index (χ1v) is 7.88. The molecule has 1 amide bonds. The average Bonchev–Trinajstić information content (AvgIpc) is 2.65. The molecule has 3 atom stereocenters. The largest absolute Gasteiger partial charge is 0.489 e. The highest BCUT2D eigenvalue weighted by Gasteiger charge is 2.30. The number of amides is 1. The van der Waals surface area contributed by atoms with Crippen molar-refractivity contribution in [2.24, 2.45) is 17.6 Å². The lowest BCUT2D eigenvalue weighted by molar-refractivity contribution is -0.116. The summed E-state index contributed by atoms with van der Waals surface area (Å²) < 4.78 is 6.10. The second-order valence-corrected chi connectivity index (χ2v) is 6.90. The molecule has 1 aromatic carbocycles. The number of nitrogens with two attached hydrogens (primary N) is 1. The van der Waals surface area contributed by atoms with E-state index in [1.165, 1.54) is 6.42 Å². The number of benzene rings is 1. The molecule has 1 heterocycles. The van der Waals surface area contributed by atoms with E-state index in [4.69, 9.17) is 22.1 Å². The zero-order chi connectivity index (χ0) is 15.1. The summed E-state index contributed by atoms with van der Waals surface area (Å²) >= 11 is 6.29. The molecule has 21 heavy (non-hydrogen) atoms. The number of hydrogen-bond donors (Lipinski definition) is 2. The second-order valence-electron chi connectivity index (χ2n) is 6.49. The minimum atomic E-state index is -0.638. The first-order chi connectivity index (χ1) is 9.94. The van der Waals surface area contributed by atoms with Crippen LogP contribution in [0.4, 0.5) is 5.69 Å². The number of anilines is 1. The number of rotatable bonds is 2. The Morgan fingerprint density at radius 2 is 1.90 bits per heavy atom. The van der Waals surface area contributed by atoms with Crippen LogP contribution in [0.5, 0.6) is 5.75 Å². The Kier molecular flexibility index (Phi) is 3.84. The molecular weight excluding hydrogens is 288 g/mol. The maximum atomic E-state index is 11.6. The van der Waals surface area contributed by atoms with Crippen LogP contribution < -0.4 is 15.8 Å². The highest BCUT2D eigenvalue weighted by molar-refractivity contribution is 6.32. The van der Waals surface area contributed by atoms with Crippen LogP contribution >= 0.6 is 11.6 Å². The van der Waals surface area contributed by atoms with E-state index in [0.29, 0.717) is 28.3 Å². The average molecular weight is 309 g/mol. The van der Waals surface area contributed by atoms with E-state index in [-0.39, 0.29) is 12.0 Å². The van der Waals surface area contributed by atoms with Crippen molar-refractivity contribution in [3.05, 3.63) is 22.7 Å². The molecule has 0 bridgehead atoms. The van der Waals surface area contributed by atoms with Crippen LogP contribution in [0.25, 0.3) is 0 Å². The van der Waals surface area contributed by atoms with Crippen molar-refractivity contribution in [2.75, 3.05) is 5.32 Å². The molecule has 1 fully saturated rings. The number of carbonyl (C=O) groups excluding carboxylic acids is 1. The van der Waals surface area contributed by atoms with Gasteiger partial charge < -0.3 is 15.8 Å². The summed E-state index contributed by atoms with van der Waals surface area (Å²) in [6.07, 6.45) is 3.53. The molecule has 0 saturated heterocycles. The van der Waals surface area contributed by atoms with E-state index in [0.717, 1.165) is 18.4 Å². The molecule has 1 saturated carbocycles. The molecule has 3 unspecified atom stereocenters. The van der Waals surface area contributed by atoms with Crippen molar-refractivity contribution in [2.45, 2.75) is 45.3 Å². The SMILES string of the molecule is CC1CC(C)CC(Oc2cc3c(cc2Cl)C(N)C(=O)N3)C1. The lowest BCUT2D eigenvalue weighted by Gasteiger charge is -2.32. The van der Waals surface area contributed by atoms with Crippen LogP contribution in [-0.2, 0) is 4.79 Å². The van der Waals surface area contributed by atoms with E-state index < -0.39 is 6.04 Å². The van der Waals surface area contributed by atoms with Gasteiger partial charge in [0.15, 0.2) is 0 Å². The van der Waals surface area contributed by atoms with Crippen LogP contribution in [0.2, 0.25) is 5.02 Å². The smallest absolute Gasteiger partial charge is 0.245 e. The monoisotopic (exact) mass is 308 g/mol. The Morgan fingerprint density at radius 1 is 1.24 bits per heavy atom. The first kappa shape index (κ1) is 14.7. The Hall–Kier alpha value is -1.26. The highest BCUT2D eigenvalue weighted by atomic mass is 35.5. The maximum absolute atomic E-state index is 11.6. The van der Waals surface area contributed by atoms with Crippen molar-refractivity contribution < 1.29 is 9.53 Å². The summed E-state index contributed by atoms with van der Waals surface area (Å²) in [5, 5.41) is 3.29. The number of nitrogens with one attached hydrogen (secondary N) is 1. The van der Waals surface area contributed by atoms with Gasteiger partial charge in [-0.1, -0.05) is 25.4 Å². The number of fused-ring (bicyclic) bond motifs is 1. The molecule has 0 radical (unpaired) electrons. The van der Waals surface area contributed by atoms with Crippen LogP contribution in [0.3, 0.4) is 0 Å². The minimum Gasteiger partial charge on any atom is -0.489 e. The van der Waals surface area contributed by atoms with E-state index in [1.807, 2.05) is 0 Å². The fraction of sp³-hybridized carbons (Fsp3) is 0.562. The topological polar surface area (TPSA) is 64.3 Å². The Labute approximate surface area is 130 Å². The minimum absolute atomic E-state index is 0.185. The van der Waals surface area contributed by atoms with Crippen molar-refractivity contribution in [3.63, 3.8) is 0 Å². The molecule has 1 aromatic rings. The van der Waals surface area contributed by atoms with E-state index in [9.17, 15) is 4.79 Å². The Balaban J connectivity index is 1.81. The van der Waals surface area contributed by atoms with Gasteiger partial charge in [0.25, 0.3) is 0 Å². The lowest BCUT2D eigenvalue weighted by Crippen LogP contribution is -2.28. The van der Waals surface area contributed by atoms with Crippen molar-refractivity contribution in [1.82, 2.24) is 0 Å². The standard InChI is InChI=1S/C16H21ClN2O2/c1-8-3-9(2)5-10(4-8)21-14-7-13-11(6-12(14)17)15(18)16(20)19-13/h6-10,15H,3-5,18H2,1-2H3,(H,19,20). The van der Waals surface area contributed by atoms with Gasteiger partial charge in [-0.2, -0.15) is 0 Å². The number of ether oxygens (including phenoxy) is 1. The summed E-state index contributed by atoms with van der Waals surface area (Å²) in [6, 6.07) is 2.90. The van der Waals surface area contributed by atoms with Gasteiger partial charge in [0, 0.05) is 17.3 Å². The molecule has 4 nitrogen and oxygen atoms in total. The molecule has 1 aliphatic carbocycles. The number of carbonyl (C=O) groups is 1. The molecule has 0 spiro atoms. The molecule has 2 aliphatic rings. The second kappa shape index (κ2) is 5.50. The zero-order valence-corrected chi connectivity index (χ0v) is 13.1. The molecule has 5 heteroatoms. The van der Waals surface area contributed by atoms with Crippen LogP contribution in [-0.4, -0.2) is 12.0 Å². The lowest BCUT2D eigenvalue weighted by atomic mass is 9.82. The number of hydrogen-bond acceptors (Lipinski definition) is 3. The maximum Gasteiger partial charge on any atom is 0.245 e. The Bertz CT molecular complexity index is 566. The Morgan fingerprint density at radius 3 is 2.57 bits per heavy atom. The molecule has 114 valence electrons. The van der Waals surface area contributed by atoms with Gasteiger partial charge in [0.2, 0.25) is 5.91 Å². The predicted octanol–water partition coefficient (Wildman–Crippen LogP) is 3.50. The normalized spacial score (nSPS) is 31.7. The summed E-state index contributed by atoms with van der Waals surface area (Å²) in [6.45, 7) is 4.52. The molecule has 3 N–H and O–H groups in total. The van der Waals surface area contributed by atoms with Crippen molar-refractivity contribution in [3.8, 4) is 5.75 Å². The fourth-order valence-electron chi connectivity index (χ4n) is 3.53. The molecular formula is C16H21ClN2O2. The third-order valence-corrected chi connectivity index (χ3v) is 4.70. The van der Waals surface area contributed by atoms with Gasteiger partial charge >= 0.3 is 0 Å². The summed E-state index contributed by atoms with van der Waals surface area (Å²) in [5.74, 6) is 1.77. The van der Waals surface area contributed by atoms with Crippen LogP contribution in [0.15, 0.2) is 12.1 Å².